The Morgan fingerprint density at radius 1 is 1.80 bits per heavy atom. The van der Waals surface area contributed by atoms with Gasteiger partial charge in [-0.25, -0.2) is 0 Å². The Balaban J connectivity index is 2.58. The van der Waals surface area contributed by atoms with Crippen molar-refractivity contribution in [3.8, 4) is 0 Å². The summed E-state index contributed by atoms with van der Waals surface area (Å²) in [6, 6.07) is 0.0810. The lowest BCUT2D eigenvalue weighted by atomic mass is 10.2. The van der Waals surface area contributed by atoms with Crippen LogP contribution in [0.3, 0.4) is 0 Å². The second-order valence-electron chi connectivity index (χ2n) is 2.59. The van der Waals surface area contributed by atoms with Crippen LogP contribution in [0.1, 0.15) is 19.8 Å². The van der Waals surface area contributed by atoms with Gasteiger partial charge in [0.1, 0.15) is 0 Å². The number of hydrogen-bond acceptors (Lipinski definition) is 2. The molecule has 3 heteroatoms. The van der Waals surface area contributed by atoms with Crippen LogP contribution in [0, 0.1) is 5.41 Å². The molecule has 10 heavy (non-hydrogen) atoms. The van der Waals surface area contributed by atoms with Crippen LogP contribution in [-0.2, 0) is 4.79 Å². The minimum absolute atomic E-state index is 0.0810. The zero-order chi connectivity index (χ0) is 7.56. The molecule has 0 saturated carbocycles. The summed E-state index contributed by atoms with van der Waals surface area (Å²) in [5.41, 5.74) is 0. The van der Waals surface area contributed by atoms with E-state index in [0.717, 1.165) is 19.4 Å². The van der Waals surface area contributed by atoms with E-state index in [9.17, 15) is 4.79 Å². The molecule has 1 atom stereocenters. The van der Waals surface area contributed by atoms with Crippen molar-refractivity contribution in [2.45, 2.75) is 25.8 Å². The molecule has 0 bridgehead atoms. The van der Waals surface area contributed by atoms with Gasteiger partial charge in [0, 0.05) is 19.7 Å². The summed E-state index contributed by atoms with van der Waals surface area (Å²) in [5, 5.41) is 7.00. The van der Waals surface area contributed by atoms with Gasteiger partial charge in [-0.1, -0.05) is 0 Å². The Labute approximate surface area is 60.5 Å². The van der Waals surface area contributed by atoms with Crippen molar-refractivity contribution in [1.82, 2.24) is 4.90 Å². The lowest BCUT2D eigenvalue weighted by molar-refractivity contribution is -0.128. The first kappa shape index (κ1) is 7.25. The van der Waals surface area contributed by atoms with Crippen molar-refractivity contribution in [2.24, 2.45) is 0 Å². The predicted octanol–water partition coefficient (Wildman–Crippen LogP) is 0.647. The van der Waals surface area contributed by atoms with Crippen molar-refractivity contribution in [2.75, 3.05) is 6.54 Å². The molecule has 0 aromatic carbocycles. The molecule has 1 amide bonds. The second kappa shape index (κ2) is 2.82. The summed E-state index contributed by atoms with van der Waals surface area (Å²) >= 11 is 0. The van der Waals surface area contributed by atoms with Crippen molar-refractivity contribution >= 4 is 12.1 Å². The van der Waals surface area contributed by atoms with Gasteiger partial charge in [-0.15, -0.1) is 0 Å². The van der Waals surface area contributed by atoms with Gasteiger partial charge in [0.15, 0.2) is 0 Å². The molecule has 0 radical (unpaired) electrons. The SMILES string of the molecule is CC(=O)N1CCC[C@H]1C=N. The number of hydrogen-bond donors (Lipinski definition) is 1. The fourth-order valence-corrected chi connectivity index (χ4v) is 1.36. The van der Waals surface area contributed by atoms with E-state index in [0.29, 0.717) is 0 Å². The predicted molar refractivity (Wildman–Crippen MR) is 39.2 cm³/mol. The molecule has 56 valence electrons. The van der Waals surface area contributed by atoms with Crippen LogP contribution >= 0.6 is 0 Å². The van der Waals surface area contributed by atoms with E-state index >= 15 is 0 Å². The number of likely N-dealkylation sites (tertiary alicyclic amines) is 1. The lowest BCUT2D eigenvalue weighted by Gasteiger charge is -2.18. The monoisotopic (exact) mass is 140 g/mol. The number of rotatable bonds is 1. The smallest absolute Gasteiger partial charge is 0.219 e. The Bertz CT molecular complexity index is 156. The van der Waals surface area contributed by atoms with Crippen LogP contribution in [0.15, 0.2) is 0 Å². The maximum Gasteiger partial charge on any atom is 0.219 e. The summed E-state index contributed by atoms with van der Waals surface area (Å²) in [5.74, 6) is 0.0889. The van der Waals surface area contributed by atoms with Gasteiger partial charge in [0.05, 0.1) is 6.04 Å². The zero-order valence-electron chi connectivity index (χ0n) is 6.13. The second-order valence-corrected chi connectivity index (χ2v) is 2.59. The standard InChI is InChI=1S/C7H12N2O/c1-6(10)9-4-2-3-7(9)5-8/h5,7-8H,2-4H2,1H3/t7-/m0/s1. The maximum absolute atomic E-state index is 10.8. The molecule has 0 aromatic heterocycles. The molecule has 1 aliphatic heterocycles. The molecule has 0 spiro atoms. The van der Waals surface area contributed by atoms with E-state index in [1.54, 1.807) is 11.8 Å². The minimum atomic E-state index is 0.0810. The maximum atomic E-state index is 10.8. The zero-order valence-corrected chi connectivity index (χ0v) is 6.13. The van der Waals surface area contributed by atoms with E-state index in [1.165, 1.54) is 6.21 Å². The Hall–Kier alpha value is -0.860. The third-order valence-electron chi connectivity index (χ3n) is 1.90. The van der Waals surface area contributed by atoms with Gasteiger partial charge in [0.2, 0.25) is 5.91 Å². The Morgan fingerprint density at radius 2 is 2.50 bits per heavy atom. The van der Waals surface area contributed by atoms with Crippen LogP contribution < -0.4 is 0 Å². The van der Waals surface area contributed by atoms with Crippen molar-refractivity contribution in [3.63, 3.8) is 0 Å². The molecular formula is C7H12N2O. The van der Waals surface area contributed by atoms with Crippen molar-refractivity contribution < 1.29 is 4.79 Å². The van der Waals surface area contributed by atoms with E-state index in [1.807, 2.05) is 0 Å². The first-order valence-electron chi connectivity index (χ1n) is 3.53. The molecule has 1 aliphatic rings. The highest BCUT2D eigenvalue weighted by atomic mass is 16.2. The number of nitrogens with zero attached hydrogens (tertiary/aromatic N) is 1. The fraction of sp³-hybridized carbons (Fsp3) is 0.714. The van der Waals surface area contributed by atoms with E-state index in [-0.39, 0.29) is 11.9 Å². The van der Waals surface area contributed by atoms with Crippen molar-refractivity contribution in [1.29, 1.82) is 5.41 Å². The first-order chi connectivity index (χ1) is 4.75. The van der Waals surface area contributed by atoms with Gasteiger partial charge >= 0.3 is 0 Å². The topological polar surface area (TPSA) is 44.2 Å². The third-order valence-corrected chi connectivity index (χ3v) is 1.90. The summed E-state index contributed by atoms with van der Waals surface area (Å²) in [7, 11) is 0. The van der Waals surface area contributed by atoms with Gasteiger partial charge in [-0.05, 0) is 12.8 Å². The molecule has 3 nitrogen and oxygen atoms in total. The summed E-state index contributed by atoms with van der Waals surface area (Å²) < 4.78 is 0. The summed E-state index contributed by atoms with van der Waals surface area (Å²) in [6.07, 6.45) is 3.36. The Kier molecular flexibility index (Phi) is 2.04. The van der Waals surface area contributed by atoms with Crippen LogP contribution in [0.4, 0.5) is 0 Å². The van der Waals surface area contributed by atoms with E-state index in [4.69, 9.17) is 5.41 Å². The van der Waals surface area contributed by atoms with Crippen LogP contribution in [0.2, 0.25) is 0 Å². The van der Waals surface area contributed by atoms with Gasteiger partial charge < -0.3 is 10.3 Å². The molecule has 1 N–H and O–H groups in total. The minimum Gasteiger partial charge on any atom is -0.335 e. The van der Waals surface area contributed by atoms with Crippen molar-refractivity contribution in [3.05, 3.63) is 0 Å². The van der Waals surface area contributed by atoms with Gasteiger partial charge in [-0.2, -0.15) is 0 Å². The highest BCUT2D eigenvalue weighted by molar-refractivity contribution is 5.78. The van der Waals surface area contributed by atoms with Gasteiger partial charge in [-0.3, -0.25) is 4.79 Å². The summed E-state index contributed by atoms with van der Waals surface area (Å²) in [4.78, 5) is 12.6. The quantitative estimate of drug-likeness (QED) is 0.534. The first-order valence-corrected chi connectivity index (χ1v) is 3.53. The molecule has 1 saturated heterocycles. The molecule has 0 unspecified atom stereocenters. The lowest BCUT2D eigenvalue weighted by Crippen LogP contribution is -2.34. The number of carbonyl (C=O) groups is 1. The average Bonchev–Trinajstić information content (AvgIpc) is 2.33. The number of carbonyl (C=O) groups excluding carboxylic acids is 1. The normalized spacial score (nSPS) is 24.9. The largest absolute Gasteiger partial charge is 0.335 e. The van der Waals surface area contributed by atoms with E-state index in [2.05, 4.69) is 0 Å². The van der Waals surface area contributed by atoms with Crippen LogP contribution in [0.5, 0.6) is 0 Å². The number of nitrogens with one attached hydrogen (secondary N) is 1. The van der Waals surface area contributed by atoms with Crippen LogP contribution in [0.25, 0.3) is 0 Å². The van der Waals surface area contributed by atoms with Crippen LogP contribution in [-0.4, -0.2) is 29.6 Å². The van der Waals surface area contributed by atoms with E-state index < -0.39 is 0 Å². The molecular weight excluding hydrogens is 128 g/mol. The highest BCUT2D eigenvalue weighted by Gasteiger charge is 2.23. The molecule has 1 fully saturated rings. The summed E-state index contributed by atoms with van der Waals surface area (Å²) in [6.45, 7) is 2.39. The highest BCUT2D eigenvalue weighted by Crippen LogP contribution is 2.14. The molecule has 1 rings (SSSR count). The fourth-order valence-electron chi connectivity index (χ4n) is 1.36. The Morgan fingerprint density at radius 3 is 2.90 bits per heavy atom. The number of amides is 1. The molecule has 0 aliphatic carbocycles. The molecule has 0 aromatic rings. The molecule has 1 heterocycles. The third kappa shape index (κ3) is 1.17. The average molecular weight is 140 g/mol. The van der Waals surface area contributed by atoms with Gasteiger partial charge in [0.25, 0.3) is 0 Å².